The van der Waals surface area contributed by atoms with Gasteiger partial charge in [0.15, 0.2) is 0 Å². The van der Waals surface area contributed by atoms with E-state index >= 15 is 0 Å². The molecule has 0 heterocycles. The SMILES string of the molecule is CC(C)c1ccc(S(=O)(=O)Nc2ccc(SCc3ccc(OC(F)(F)F)cc3)cc2)cc1C(=O)O. The Hall–Kier alpha value is -3.18. The predicted octanol–water partition coefficient (Wildman–Crippen LogP) is 6.50. The molecule has 0 aliphatic carbocycles. The van der Waals surface area contributed by atoms with E-state index in [0.29, 0.717) is 17.0 Å². The van der Waals surface area contributed by atoms with E-state index < -0.39 is 22.4 Å². The Bertz CT molecular complexity index is 1290. The Morgan fingerprint density at radius 1 is 1.03 bits per heavy atom. The van der Waals surface area contributed by atoms with Crippen molar-refractivity contribution >= 4 is 33.4 Å². The zero-order valence-corrected chi connectivity index (χ0v) is 20.3. The number of carboxylic acid groups (broad SMARTS) is 1. The summed E-state index contributed by atoms with van der Waals surface area (Å²) in [6.07, 6.45) is -4.74. The first-order chi connectivity index (χ1) is 16.3. The summed E-state index contributed by atoms with van der Waals surface area (Å²) in [7, 11) is -4.01. The van der Waals surface area contributed by atoms with Gasteiger partial charge in [-0.25, -0.2) is 13.2 Å². The van der Waals surface area contributed by atoms with Crippen LogP contribution in [0.1, 0.15) is 41.3 Å². The highest BCUT2D eigenvalue weighted by Gasteiger charge is 2.31. The molecule has 3 aromatic carbocycles. The number of anilines is 1. The van der Waals surface area contributed by atoms with Crippen LogP contribution in [0.15, 0.2) is 76.5 Å². The van der Waals surface area contributed by atoms with E-state index in [1.165, 1.54) is 48.2 Å². The number of carboxylic acids is 1. The normalized spacial score (nSPS) is 11.9. The molecule has 0 bridgehead atoms. The maximum absolute atomic E-state index is 12.8. The van der Waals surface area contributed by atoms with Crippen LogP contribution in [0.25, 0.3) is 0 Å². The molecule has 0 unspecified atom stereocenters. The quantitative estimate of drug-likeness (QED) is 0.310. The van der Waals surface area contributed by atoms with Crippen molar-refractivity contribution in [1.82, 2.24) is 0 Å². The zero-order chi connectivity index (χ0) is 25.8. The minimum absolute atomic E-state index is 0.0624. The van der Waals surface area contributed by atoms with Crippen LogP contribution in [0.2, 0.25) is 0 Å². The molecule has 0 amide bonds. The zero-order valence-electron chi connectivity index (χ0n) is 18.7. The van der Waals surface area contributed by atoms with Crippen LogP contribution >= 0.6 is 11.8 Å². The maximum atomic E-state index is 12.8. The van der Waals surface area contributed by atoms with Crippen molar-refractivity contribution in [1.29, 1.82) is 0 Å². The Kier molecular flexibility index (Phi) is 8.01. The number of thioether (sulfide) groups is 1. The number of benzene rings is 3. The summed E-state index contributed by atoms with van der Waals surface area (Å²) in [6.45, 7) is 3.65. The van der Waals surface area contributed by atoms with Crippen LogP contribution in [-0.4, -0.2) is 25.9 Å². The van der Waals surface area contributed by atoms with Crippen LogP contribution in [0.4, 0.5) is 18.9 Å². The molecular formula is C24H22F3NO5S2. The minimum atomic E-state index is -4.74. The average molecular weight is 526 g/mol. The molecule has 35 heavy (non-hydrogen) atoms. The second-order valence-corrected chi connectivity index (χ2v) is 10.6. The molecule has 0 aromatic heterocycles. The van der Waals surface area contributed by atoms with E-state index in [9.17, 15) is 31.5 Å². The lowest BCUT2D eigenvalue weighted by atomic mass is 9.97. The van der Waals surface area contributed by atoms with Gasteiger partial charge in [-0.15, -0.1) is 24.9 Å². The molecule has 0 saturated carbocycles. The van der Waals surface area contributed by atoms with Crippen molar-refractivity contribution in [2.75, 3.05) is 4.72 Å². The van der Waals surface area contributed by atoms with Gasteiger partial charge in [-0.2, -0.15) is 0 Å². The molecule has 186 valence electrons. The number of aromatic carboxylic acids is 1. The van der Waals surface area contributed by atoms with E-state index in [4.69, 9.17) is 0 Å². The lowest BCUT2D eigenvalue weighted by Crippen LogP contribution is -2.16. The monoisotopic (exact) mass is 525 g/mol. The van der Waals surface area contributed by atoms with Gasteiger partial charge in [0.25, 0.3) is 10.0 Å². The number of nitrogens with one attached hydrogen (secondary N) is 1. The van der Waals surface area contributed by atoms with E-state index in [1.54, 1.807) is 24.3 Å². The van der Waals surface area contributed by atoms with E-state index in [-0.39, 0.29) is 22.1 Å². The fourth-order valence-corrected chi connectivity index (χ4v) is 5.12. The first-order valence-electron chi connectivity index (χ1n) is 10.3. The molecule has 0 aliphatic rings. The Labute approximate surface area is 205 Å². The van der Waals surface area contributed by atoms with Crippen LogP contribution in [-0.2, 0) is 15.8 Å². The summed E-state index contributed by atoms with van der Waals surface area (Å²) in [4.78, 5) is 12.2. The third kappa shape index (κ3) is 7.40. The molecule has 0 atom stereocenters. The Morgan fingerprint density at radius 2 is 1.66 bits per heavy atom. The van der Waals surface area contributed by atoms with Crippen LogP contribution in [0, 0.1) is 0 Å². The number of hydrogen-bond acceptors (Lipinski definition) is 5. The van der Waals surface area contributed by atoms with Gasteiger partial charge in [0, 0.05) is 16.3 Å². The second kappa shape index (κ2) is 10.6. The molecule has 0 saturated heterocycles. The smallest absolute Gasteiger partial charge is 0.478 e. The average Bonchev–Trinajstić information content (AvgIpc) is 2.78. The highest BCUT2D eigenvalue weighted by molar-refractivity contribution is 7.98. The lowest BCUT2D eigenvalue weighted by molar-refractivity contribution is -0.274. The highest BCUT2D eigenvalue weighted by Crippen LogP contribution is 2.28. The van der Waals surface area contributed by atoms with E-state index in [1.807, 2.05) is 13.8 Å². The number of hydrogen-bond donors (Lipinski definition) is 2. The van der Waals surface area contributed by atoms with Gasteiger partial charge in [0.05, 0.1) is 10.5 Å². The van der Waals surface area contributed by atoms with Gasteiger partial charge in [-0.1, -0.05) is 32.0 Å². The van der Waals surface area contributed by atoms with Gasteiger partial charge in [0.2, 0.25) is 0 Å². The first kappa shape index (κ1) is 26.4. The molecule has 3 aromatic rings. The molecule has 0 spiro atoms. The van der Waals surface area contributed by atoms with E-state index in [2.05, 4.69) is 9.46 Å². The van der Waals surface area contributed by atoms with Gasteiger partial charge in [-0.3, -0.25) is 4.72 Å². The number of sulfonamides is 1. The largest absolute Gasteiger partial charge is 0.573 e. The highest BCUT2D eigenvalue weighted by atomic mass is 32.2. The van der Waals surface area contributed by atoms with Crippen molar-refractivity contribution in [2.24, 2.45) is 0 Å². The molecule has 6 nitrogen and oxygen atoms in total. The minimum Gasteiger partial charge on any atom is -0.478 e. The summed E-state index contributed by atoms with van der Waals surface area (Å²) >= 11 is 1.42. The molecule has 3 rings (SSSR count). The van der Waals surface area contributed by atoms with Crippen LogP contribution in [0.3, 0.4) is 0 Å². The van der Waals surface area contributed by atoms with Gasteiger partial charge in [0.1, 0.15) is 5.75 Å². The molecule has 11 heteroatoms. The summed E-state index contributed by atoms with van der Waals surface area (Å²) in [5.74, 6) is -1.09. The fraction of sp³-hybridized carbons (Fsp3) is 0.208. The Balaban J connectivity index is 1.65. The van der Waals surface area contributed by atoms with Gasteiger partial charge >= 0.3 is 12.3 Å². The lowest BCUT2D eigenvalue weighted by Gasteiger charge is -2.13. The standard InChI is InChI=1S/C24H22F3NO5S2/c1-15(2)21-12-11-20(13-22(21)23(29)30)35(31,32)28-17-5-9-19(10-6-17)34-14-16-3-7-18(8-4-16)33-24(25,26)27/h3-13,15,28H,14H2,1-2H3,(H,29,30). The van der Waals surface area contributed by atoms with Gasteiger partial charge in [-0.05, 0) is 65.6 Å². The third-order valence-electron chi connectivity index (χ3n) is 4.86. The number of carbonyl (C=O) groups is 1. The van der Waals surface area contributed by atoms with Crippen molar-refractivity contribution in [3.05, 3.63) is 83.4 Å². The first-order valence-corrected chi connectivity index (χ1v) is 12.8. The van der Waals surface area contributed by atoms with Crippen LogP contribution in [0.5, 0.6) is 5.75 Å². The topological polar surface area (TPSA) is 92.7 Å². The third-order valence-corrected chi connectivity index (χ3v) is 7.32. The van der Waals surface area contributed by atoms with Crippen molar-refractivity contribution in [2.45, 2.75) is 41.7 Å². The number of alkyl halides is 3. The number of ether oxygens (including phenoxy) is 1. The predicted molar refractivity (Wildman–Crippen MR) is 127 cm³/mol. The molecule has 0 radical (unpaired) electrons. The maximum Gasteiger partial charge on any atom is 0.573 e. The summed E-state index contributed by atoms with van der Waals surface area (Å²) < 4.78 is 68.6. The fourth-order valence-electron chi connectivity index (χ4n) is 3.18. The molecule has 0 aliphatic heterocycles. The van der Waals surface area contributed by atoms with Gasteiger partial charge < -0.3 is 9.84 Å². The molecular weight excluding hydrogens is 503 g/mol. The molecule has 0 fully saturated rings. The Morgan fingerprint density at radius 3 is 2.20 bits per heavy atom. The van der Waals surface area contributed by atoms with Crippen molar-refractivity contribution in [3.8, 4) is 5.75 Å². The van der Waals surface area contributed by atoms with Crippen molar-refractivity contribution in [3.63, 3.8) is 0 Å². The number of halogens is 3. The summed E-state index contributed by atoms with van der Waals surface area (Å²) in [6, 6.07) is 16.1. The summed E-state index contributed by atoms with van der Waals surface area (Å²) in [5.41, 5.74) is 1.56. The van der Waals surface area contributed by atoms with Crippen LogP contribution < -0.4 is 9.46 Å². The number of rotatable bonds is 9. The summed E-state index contributed by atoms with van der Waals surface area (Å²) in [5, 5.41) is 9.45. The second-order valence-electron chi connectivity index (χ2n) is 7.82. The van der Waals surface area contributed by atoms with E-state index in [0.717, 1.165) is 16.5 Å². The van der Waals surface area contributed by atoms with Crippen molar-refractivity contribution < 1.29 is 36.2 Å². The molecule has 2 N–H and O–H groups in total.